The highest BCUT2D eigenvalue weighted by Crippen LogP contribution is 2.31. The van der Waals surface area contributed by atoms with Crippen LogP contribution in [0.5, 0.6) is 0 Å². The fourth-order valence-corrected chi connectivity index (χ4v) is 4.43. The molecule has 1 aliphatic heterocycles. The number of benzene rings is 1. The third-order valence-corrected chi connectivity index (χ3v) is 6.82. The number of hydrogen-bond acceptors (Lipinski definition) is 13. The average molecular weight is 665 g/mol. The van der Waals surface area contributed by atoms with E-state index in [9.17, 15) is 34.3 Å². The van der Waals surface area contributed by atoms with Crippen molar-refractivity contribution in [2.45, 2.75) is 96.0 Å². The Morgan fingerprint density at radius 1 is 1.02 bits per heavy atom. The Morgan fingerprint density at radius 3 is 2.28 bits per heavy atom. The second-order valence-corrected chi connectivity index (χ2v) is 10.5. The van der Waals surface area contributed by atoms with Crippen molar-refractivity contribution in [3.8, 4) is 0 Å². The smallest absolute Gasteiger partial charge is 0.305 e. The van der Waals surface area contributed by atoms with Crippen LogP contribution in [0.2, 0.25) is 0 Å². The van der Waals surface area contributed by atoms with E-state index in [2.05, 4.69) is 25.4 Å². The van der Waals surface area contributed by atoms with Crippen molar-refractivity contribution in [1.82, 2.24) is 10.6 Å². The second-order valence-electron chi connectivity index (χ2n) is 10.5. The van der Waals surface area contributed by atoms with E-state index in [1.807, 2.05) is 6.07 Å². The van der Waals surface area contributed by atoms with Gasteiger partial charge in [-0.25, -0.2) is 0 Å². The van der Waals surface area contributed by atoms with Gasteiger partial charge in [0, 0.05) is 25.2 Å². The molecule has 4 N–H and O–H groups in total. The number of nitrogens with two attached hydrogens (primary N) is 1. The van der Waals surface area contributed by atoms with E-state index < -0.39 is 91.1 Å². The molecule has 0 bridgehead atoms. The summed E-state index contributed by atoms with van der Waals surface area (Å²) < 4.78 is 33.0. The van der Waals surface area contributed by atoms with E-state index in [1.54, 1.807) is 24.3 Å². The van der Waals surface area contributed by atoms with Crippen LogP contribution >= 0.6 is 0 Å². The summed E-state index contributed by atoms with van der Waals surface area (Å²) in [5, 5.41) is 8.58. The number of nitrogens with zero attached hydrogens (tertiary/aromatic N) is 3. The molecule has 0 aromatic heterocycles. The Balaban J connectivity index is 2.27. The zero-order valence-corrected chi connectivity index (χ0v) is 26.7. The van der Waals surface area contributed by atoms with Gasteiger partial charge in [-0.15, -0.1) is 0 Å². The monoisotopic (exact) mass is 664 g/mol. The van der Waals surface area contributed by atoms with Gasteiger partial charge in [-0.1, -0.05) is 35.4 Å². The van der Waals surface area contributed by atoms with E-state index in [0.717, 1.165) is 12.5 Å². The van der Waals surface area contributed by atoms with Crippen LogP contribution in [0, 0.1) is 0 Å². The summed E-state index contributed by atoms with van der Waals surface area (Å²) in [4.78, 5) is 75.8. The quantitative estimate of drug-likeness (QED) is 0.0668. The summed E-state index contributed by atoms with van der Waals surface area (Å²) in [5.41, 5.74) is 15.5. The van der Waals surface area contributed by atoms with Crippen LogP contribution in [0.1, 0.15) is 46.1 Å². The van der Waals surface area contributed by atoms with Crippen molar-refractivity contribution >= 4 is 35.6 Å². The van der Waals surface area contributed by atoms with Gasteiger partial charge in [-0.3, -0.25) is 28.8 Å². The number of amides is 3. The first-order chi connectivity index (χ1) is 22.3. The molecule has 1 fully saturated rings. The average Bonchev–Trinajstić information content (AvgIpc) is 3.02. The molecule has 2 rings (SSSR count). The lowest BCUT2D eigenvalue weighted by molar-refractivity contribution is -0.283. The number of azide groups is 1. The number of methoxy groups -OCH3 is 1. The molecule has 0 radical (unpaired) electrons. The van der Waals surface area contributed by atoms with Gasteiger partial charge < -0.3 is 44.8 Å². The van der Waals surface area contributed by atoms with Gasteiger partial charge >= 0.3 is 17.9 Å². The molecule has 1 aromatic carbocycles. The normalized spacial score (nSPS) is 22.3. The van der Waals surface area contributed by atoms with E-state index in [0.29, 0.717) is 0 Å². The highest BCUT2D eigenvalue weighted by Gasteiger charge is 2.50. The molecule has 18 nitrogen and oxygen atoms in total. The van der Waals surface area contributed by atoms with Crippen LogP contribution in [-0.4, -0.2) is 98.2 Å². The Morgan fingerprint density at radius 2 is 1.70 bits per heavy atom. The number of esters is 3. The molecular weight excluding hydrogens is 624 g/mol. The molecule has 0 spiro atoms. The molecule has 8 atom stereocenters. The topological polar surface area (TPSA) is 257 Å². The number of rotatable bonds is 17. The second kappa shape index (κ2) is 19.0. The van der Waals surface area contributed by atoms with E-state index >= 15 is 0 Å². The van der Waals surface area contributed by atoms with Gasteiger partial charge in [-0.05, 0) is 31.4 Å². The van der Waals surface area contributed by atoms with E-state index in [1.165, 1.54) is 27.9 Å². The first-order valence-electron chi connectivity index (χ1n) is 14.5. The van der Waals surface area contributed by atoms with Gasteiger partial charge in [0.05, 0.1) is 13.7 Å². The van der Waals surface area contributed by atoms with Crippen LogP contribution in [0.4, 0.5) is 0 Å². The van der Waals surface area contributed by atoms with E-state index in [4.69, 9.17) is 29.4 Å². The summed E-state index contributed by atoms with van der Waals surface area (Å²) in [6.45, 7) is 4.54. The van der Waals surface area contributed by atoms with Crippen molar-refractivity contribution in [2.75, 3.05) is 13.7 Å². The molecule has 1 aromatic rings. The minimum atomic E-state index is -1.37. The lowest BCUT2D eigenvalue weighted by Crippen LogP contribution is -2.62. The maximum absolute atomic E-state index is 13.2. The molecule has 47 heavy (non-hydrogen) atoms. The van der Waals surface area contributed by atoms with Crippen molar-refractivity contribution in [1.29, 1.82) is 0 Å². The molecule has 1 saturated heterocycles. The molecule has 258 valence electrons. The lowest BCUT2D eigenvalue weighted by Gasteiger charge is -2.44. The van der Waals surface area contributed by atoms with Crippen LogP contribution < -0.4 is 16.4 Å². The predicted molar refractivity (Wildman–Crippen MR) is 159 cm³/mol. The summed E-state index contributed by atoms with van der Waals surface area (Å²) in [7, 11) is 1.17. The summed E-state index contributed by atoms with van der Waals surface area (Å²) in [6, 6.07) is 5.21. The SMILES string of the molecule is COC(=O)CCC(NC(=O)C(C)NC(=O)C(C)O[C@@H]1[C@@H](N=[N+]=[N-])[C@@H](OCc2ccccc2)O[C@H](COC(C)=O)[C@H]1OC(C)=O)C(N)=O. The van der Waals surface area contributed by atoms with Crippen molar-refractivity contribution < 1.29 is 57.2 Å². The molecule has 3 amide bonds. The van der Waals surface area contributed by atoms with Crippen LogP contribution in [0.3, 0.4) is 0 Å². The zero-order valence-electron chi connectivity index (χ0n) is 26.7. The standard InChI is InChI=1S/C29H40N6O12/c1-15(27(40)33-20(26(30)39)11-12-22(38)42-5)32-28(41)16(2)45-25-23(34-35-31)29(44-13-19-9-7-6-8-10-19)47-21(14-43-17(3)36)24(25)46-18(4)37/h6-10,15-16,20-21,23-25,29H,11-14H2,1-5H3,(H2,30,39)(H,32,41)(H,33,40)/t15?,16?,20?,21-,23-,24-,25-,29+/m1/s1. The van der Waals surface area contributed by atoms with Gasteiger partial charge in [0.25, 0.3) is 0 Å². The Bertz CT molecular complexity index is 1310. The fourth-order valence-electron chi connectivity index (χ4n) is 4.43. The summed E-state index contributed by atoms with van der Waals surface area (Å²) in [5.74, 6) is -4.54. The molecule has 1 heterocycles. The largest absolute Gasteiger partial charge is 0.469 e. The van der Waals surface area contributed by atoms with E-state index in [-0.39, 0.29) is 19.4 Å². The predicted octanol–water partition coefficient (Wildman–Crippen LogP) is 0.304. The molecule has 1 aliphatic rings. The number of carbonyl (C=O) groups excluding carboxylic acids is 6. The first-order valence-corrected chi connectivity index (χ1v) is 14.5. The first kappa shape index (κ1) is 38.4. The fraction of sp³-hybridized carbons (Fsp3) is 0.586. The summed E-state index contributed by atoms with van der Waals surface area (Å²) >= 11 is 0. The Hall–Kier alpha value is -4.77. The summed E-state index contributed by atoms with van der Waals surface area (Å²) in [6.07, 6.45) is -6.87. The van der Waals surface area contributed by atoms with Crippen molar-refractivity contribution in [2.24, 2.45) is 10.8 Å². The van der Waals surface area contributed by atoms with Crippen LogP contribution in [0.15, 0.2) is 35.4 Å². The highest BCUT2D eigenvalue weighted by atomic mass is 16.7. The molecule has 0 aliphatic carbocycles. The molecule has 3 unspecified atom stereocenters. The van der Waals surface area contributed by atoms with Crippen LogP contribution in [-0.2, 0) is 63.8 Å². The molecular formula is C29H40N6O12. The number of hydrogen-bond donors (Lipinski definition) is 3. The zero-order chi connectivity index (χ0) is 35.1. The number of primary amides is 1. The van der Waals surface area contributed by atoms with Gasteiger partial charge in [-0.2, -0.15) is 0 Å². The minimum Gasteiger partial charge on any atom is -0.469 e. The number of nitrogens with one attached hydrogen (secondary N) is 2. The molecule has 0 saturated carbocycles. The van der Waals surface area contributed by atoms with Gasteiger partial charge in [0.1, 0.15) is 43.0 Å². The van der Waals surface area contributed by atoms with Crippen LogP contribution in [0.25, 0.3) is 10.4 Å². The maximum atomic E-state index is 13.2. The van der Waals surface area contributed by atoms with Crippen molar-refractivity contribution in [3.63, 3.8) is 0 Å². The third kappa shape index (κ3) is 12.5. The number of carbonyl (C=O) groups is 6. The highest BCUT2D eigenvalue weighted by molar-refractivity contribution is 5.92. The Labute approximate surface area is 270 Å². The maximum Gasteiger partial charge on any atom is 0.305 e. The van der Waals surface area contributed by atoms with Gasteiger partial charge in [0.15, 0.2) is 12.4 Å². The van der Waals surface area contributed by atoms with Gasteiger partial charge in [0.2, 0.25) is 17.7 Å². The number of ether oxygens (including phenoxy) is 6. The minimum absolute atomic E-state index is 0.00276. The molecule has 18 heteroatoms. The Kier molecular flexibility index (Phi) is 15.5. The van der Waals surface area contributed by atoms with Crippen molar-refractivity contribution in [3.05, 3.63) is 46.3 Å². The third-order valence-electron chi connectivity index (χ3n) is 6.82. The lowest BCUT2D eigenvalue weighted by atomic mass is 9.96.